The largest absolute Gasteiger partial charge is 0.508 e. The van der Waals surface area contributed by atoms with E-state index in [2.05, 4.69) is 63.8 Å². The zero-order valence-corrected chi connectivity index (χ0v) is 67.1. The number of halogens is 1. The van der Waals surface area contributed by atoms with Crippen molar-refractivity contribution in [2.75, 3.05) is 59.4 Å². The van der Waals surface area contributed by atoms with Crippen molar-refractivity contribution in [2.24, 2.45) is 29.6 Å². The molecule has 15 bridgehead atoms. The number of likely N-dealkylation sites (N-methyl/N-ethyl adjacent to an activating group) is 3. The summed E-state index contributed by atoms with van der Waals surface area (Å²) in [6, 6.07) is 3.69. The number of hydrogen-bond acceptors (Lipinski definition) is 27. The van der Waals surface area contributed by atoms with Crippen LogP contribution < -0.4 is 87.5 Å². The maximum atomic E-state index is 16.5. The summed E-state index contributed by atoms with van der Waals surface area (Å²) in [6.07, 6.45) is -10.7. The standard InChI is InChI=1S/C83H99ClN12O24/c1-35(2)19-50(87-6)75(107)95-67-69(102)40-8-12-54(36(3)20-40)117-58-28-44-29-59(74(58)120-82-73(106)72(105)71(104)60(34-97)119-82)118-55-13-9-41(27-49(55)84)70(103)68-81(113)94-66(79(111)91-63-42-22-37-21-38(24-42)25-43(63)23-37)48-31-46(98)32-53(100)62(48)47-26-39(7-11-52(47)99)64(77(109)96-68)93-78(110)65(44)92-76(108)51(89-80(67)112)33-61(101)90-83(114)88-45-10-14-56(115-17-15-85-4)57(30-45)116-18-16-86-5/h7-14,20,26-32,35,37-38,42-43,50-51,60,63-73,82,85-87,97-100,102-106H,15-19,21-25,33-34H2,1-6H3,(H,89,112)(H,91,111)(H,92,108)(H,93,110)(H,94,113)(H,95,107)(H,96,109)(H2,88,90,101,114)/t37?,38?,42?,43?,50-,51+,60-,63?,64-,65-,66+,67-,68+,69-,70-,71-,72+,73-,82+/m1/s1. The molecule has 16 rings (SSSR count). The van der Waals surface area contributed by atoms with E-state index in [1.54, 1.807) is 14.1 Å². The number of benzene rings is 6. The highest BCUT2D eigenvalue weighted by molar-refractivity contribution is 6.32. The number of fused-ring (bicyclic) bond motifs is 15. The van der Waals surface area contributed by atoms with Gasteiger partial charge in [-0.05, 0) is 196 Å². The number of amides is 10. The van der Waals surface area contributed by atoms with Gasteiger partial charge >= 0.3 is 6.03 Å². The van der Waals surface area contributed by atoms with Crippen LogP contribution in [0.4, 0.5) is 10.5 Å². The Morgan fingerprint density at radius 3 is 1.89 bits per heavy atom. The number of urea groups is 1. The summed E-state index contributed by atoms with van der Waals surface area (Å²) in [4.78, 5) is 138. The number of aliphatic hydroxyl groups is 6. The van der Waals surface area contributed by atoms with Crippen LogP contribution in [-0.2, 0) is 43.1 Å². The number of imide groups is 1. The molecule has 37 heteroatoms. The summed E-state index contributed by atoms with van der Waals surface area (Å²) < 4.78 is 37.6. The molecule has 0 spiro atoms. The number of carbonyl (C=O) groups is 9. The second kappa shape index (κ2) is 37.2. The molecule has 120 heavy (non-hydrogen) atoms. The number of aryl methyl sites for hydroxylation is 1. The van der Waals surface area contributed by atoms with Crippen LogP contribution in [-0.4, -0.2) is 214 Å². The van der Waals surface area contributed by atoms with Crippen molar-refractivity contribution in [3.8, 4) is 68.6 Å². The molecule has 14 atom stereocenters. The van der Waals surface area contributed by atoms with Crippen molar-refractivity contribution < 1.29 is 118 Å². The van der Waals surface area contributed by atoms with E-state index in [9.17, 15) is 60.3 Å². The molecule has 36 nitrogen and oxygen atoms in total. The van der Waals surface area contributed by atoms with Gasteiger partial charge in [-0.2, -0.15) is 0 Å². The van der Waals surface area contributed by atoms with Crippen molar-refractivity contribution in [2.45, 2.75) is 157 Å². The fraction of sp³-hybridized carbons (Fsp3) is 0.458. The van der Waals surface area contributed by atoms with Crippen LogP contribution in [0, 0.1) is 36.5 Å². The minimum absolute atomic E-state index is 0.0626. The van der Waals surface area contributed by atoms with Crippen LogP contribution in [0.3, 0.4) is 0 Å². The van der Waals surface area contributed by atoms with Gasteiger partial charge in [0.25, 0.3) is 0 Å². The number of phenols is 3. The van der Waals surface area contributed by atoms with E-state index >= 15 is 28.8 Å². The van der Waals surface area contributed by atoms with Crippen molar-refractivity contribution >= 4 is 70.6 Å². The second-order valence-corrected chi connectivity index (χ2v) is 32.1. The topological polar surface area (TPSA) is 535 Å². The average Bonchev–Trinajstić information content (AvgIpc) is 0.753. The Labute approximate surface area is 693 Å². The molecule has 642 valence electrons. The molecule has 0 aromatic heterocycles. The lowest BCUT2D eigenvalue weighted by Gasteiger charge is -2.54. The zero-order chi connectivity index (χ0) is 85.8. The highest BCUT2D eigenvalue weighted by Crippen LogP contribution is 2.55. The van der Waals surface area contributed by atoms with Crippen LogP contribution in [0.5, 0.6) is 57.5 Å². The monoisotopic (exact) mass is 1680 g/mol. The van der Waals surface area contributed by atoms with E-state index < -0.39 is 197 Å². The first kappa shape index (κ1) is 86.7. The lowest BCUT2D eigenvalue weighted by atomic mass is 9.54. The van der Waals surface area contributed by atoms with Gasteiger partial charge < -0.3 is 133 Å². The smallest absolute Gasteiger partial charge is 0.325 e. The number of carbonyl (C=O) groups excluding carboxylic acids is 9. The molecule has 6 aromatic rings. The van der Waals surface area contributed by atoms with E-state index in [1.165, 1.54) is 62.5 Å². The first-order chi connectivity index (χ1) is 57.4. The van der Waals surface area contributed by atoms with E-state index in [1.807, 2.05) is 13.8 Å². The van der Waals surface area contributed by atoms with E-state index in [0.29, 0.717) is 30.7 Å². The van der Waals surface area contributed by atoms with Crippen molar-refractivity contribution in [3.63, 3.8) is 0 Å². The Balaban J connectivity index is 0.980. The Morgan fingerprint density at radius 1 is 0.608 bits per heavy atom. The highest BCUT2D eigenvalue weighted by atomic mass is 35.5. The second-order valence-electron chi connectivity index (χ2n) is 31.7. The summed E-state index contributed by atoms with van der Waals surface area (Å²) in [7, 11) is 4.93. The molecule has 10 amide bonds. The van der Waals surface area contributed by atoms with Gasteiger partial charge in [0.15, 0.2) is 23.0 Å². The van der Waals surface area contributed by atoms with Gasteiger partial charge in [-0.1, -0.05) is 43.6 Å². The fourth-order valence-corrected chi connectivity index (χ4v) is 17.2. The summed E-state index contributed by atoms with van der Waals surface area (Å²) in [6.45, 7) is 5.46. The molecule has 0 radical (unpaired) electrons. The molecule has 6 aromatic carbocycles. The number of ether oxygens (including phenoxy) is 6. The molecule has 4 saturated carbocycles. The molecular formula is C83H99ClN12O24. The van der Waals surface area contributed by atoms with Crippen molar-refractivity contribution in [3.05, 3.63) is 135 Å². The third-order valence-corrected chi connectivity index (χ3v) is 23.1. The van der Waals surface area contributed by atoms with Crippen molar-refractivity contribution in [1.82, 2.24) is 58.5 Å². The summed E-state index contributed by atoms with van der Waals surface area (Å²) in [5.41, 5.74) is -1.82. The number of phenolic OH excluding ortho intramolecular Hbond substituents is 3. The first-order valence-corrected chi connectivity index (χ1v) is 40.0. The number of rotatable bonds is 21. The predicted octanol–water partition coefficient (Wildman–Crippen LogP) is 2.44. The number of aliphatic hydroxyl groups excluding tert-OH is 6. The van der Waals surface area contributed by atoms with Crippen molar-refractivity contribution in [1.29, 1.82) is 0 Å². The van der Waals surface area contributed by atoms with Crippen LogP contribution in [0.1, 0.15) is 123 Å². The molecule has 6 aliphatic heterocycles. The van der Waals surface area contributed by atoms with Gasteiger partial charge in [0.05, 0.1) is 24.1 Å². The molecule has 1 saturated heterocycles. The fourth-order valence-electron chi connectivity index (χ4n) is 17.0. The Hall–Kier alpha value is -11.2. The molecule has 0 unspecified atom stereocenters. The summed E-state index contributed by atoms with van der Waals surface area (Å²) in [5, 5.41) is 137. The number of aromatic hydroxyl groups is 3. The highest BCUT2D eigenvalue weighted by Gasteiger charge is 2.51. The maximum absolute atomic E-state index is 16.5. The van der Waals surface area contributed by atoms with Crippen LogP contribution in [0.2, 0.25) is 5.02 Å². The maximum Gasteiger partial charge on any atom is 0.325 e. The zero-order valence-electron chi connectivity index (χ0n) is 66.3. The molecule has 21 N–H and O–H groups in total. The third-order valence-electron chi connectivity index (χ3n) is 22.8. The Bertz CT molecular complexity index is 4870. The predicted molar refractivity (Wildman–Crippen MR) is 427 cm³/mol. The lowest BCUT2D eigenvalue weighted by molar-refractivity contribution is -0.277. The number of anilines is 1. The molecule has 6 heterocycles. The van der Waals surface area contributed by atoms with Gasteiger partial charge in [-0.25, -0.2) is 4.79 Å². The average molecular weight is 1680 g/mol. The van der Waals surface area contributed by atoms with E-state index in [4.69, 9.17) is 40.0 Å². The van der Waals surface area contributed by atoms with Gasteiger partial charge in [0, 0.05) is 48.1 Å². The molecule has 4 aliphatic carbocycles. The number of nitrogens with one attached hydrogen (secondary N) is 12. The lowest BCUT2D eigenvalue weighted by Crippen LogP contribution is -2.60. The van der Waals surface area contributed by atoms with E-state index in [0.717, 1.165) is 80.6 Å². The van der Waals surface area contributed by atoms with Crippen LogP contribution in [0.15, 0.2) is 97.1 Å². The van der Waals surface area contributed by atoms with Crippen LogP contribution >= 0.6 is 11.6 Å². The number of hydrogen-bond donors (Lipinski definition) is 21. The quantitative estimate of drug-likeness (QED) is 0.0460. The minimum Gasteiger partial charge on any atom is -0.508 e. The van der Waals surface area contributed by atoms with Gasteiger partial charge in [-0.3, -0.25) is 43.7 Å². The Morgan fingerprint density at radius 2 is 1.24 bits per heavy atom. The normalized spacial score (nSPS) is 27.2. The van der Waals surface area contributed by atoms with E-state index in [-0.39, 0.29) is 105 Å². The Kier molecular flexibility index (Phi) is 26.9. The first-order valence-electron chi connectivity index (χ1n) is 39.7. The molecule has 10 aliphatic rings. The third kappa shape index (κ3) is 19.0. The van der Waals surface area contributed by atoms with Gasteiger partial charge in [-0.15, -0.1) is 0 Å². The summed E-state index contributed by atoms with van der Waals surface area (Å²) >= 11 is 7.19. The minimum atomic E-state index is -2.38. The SMILES string of the molecule is CNCCOc1ccc(NC(=O)NC(=O)C[C@@H]2NC(=O)[C@H](NC(=O)[C@@H](CC(C)C)NC)[C@H](O)c3ccc(c(C)c3)Oc3cc4cc(c3O[C@@H]3O[C@H](CO)[C@@H](O)[C@H](O)[C@H]3O)Oc3ccc(cc3Cl)[C@@H](O)[C@@H]3NC(=O)[C@H](NC(=O)[C@@H]4NC2=O)c2ccc(O)c(c2)-c2c(O)cc(O)cc2[C@@H](C(=O)NC2C4CC5CC(C4)CC2C5)NC3=O)cc1OCCNC. The molecule has 5 fully saturated rings. The van der Waals surface area contributed by atoms with Gasteiger partial charge in [0.2, 0.25) is 59.3 Å². The summed E-state index contributed by atoms with van der Waals surface area (Å²) in [5.74, 6) is -12.6. The molecular weight excluding hydrogens is 1580 g/mol. The van der Waals surface area contributed by atoms with Crippen LogP contribution in [0.25, 0.3) is 11.1 Å². The van der Waals surface area contributed by atoms with Gasteiger partial charge in [0.1, 0.15) is 115 Å².